The highest BCUT2D eigenvalue weighted by atomic mass is 15.1. The van der Waals surface area contributed by atoms with E-state index in [1.54, 1.807) is 0 Å². The van der Waals surface area contributed by atoms with E-state index in [4.69, 9.17) is 0 Å². The molecule has 18 heavy (non-hydrogen) atoms. The number of benzene rings is 1. The van der Waals surface area contributed by atoms with Crippen molar-refractivity contribution in [3.8, 4) is 0 Å². The van der Waals surface area contributed by atoms with Crippen molar-refractivity contribution < 1.29 is 5.32 Å². The summed E-state index contributed by atoms with van der Waals surface area (Å²) in [6, 6.07) is 8.64. The second-order valence-electron chi connectivity index (χ2n) is 4.47. The van der Waals surface area contributed by atoms with Crippen molar-refractivity contribution in [3.05, 3.63) is 66.3 Å². The van der Waals surface area contributed by atoms with E-state index in [-0.39, 0.29) is 0 Å². The van der Waals surface area contributed by atoms with E-state index in [1.165, 1.54) is 11.1 Å². The molecule has 0 amide bonds. The molecule has 1 aromatic carbocycles. The Morgan fingerprint density at radius 2 is 2.11 bits per heavy atom. The molecule has 2 aromatic rings. The van der Waals surface area contributed by atoms with Crippen LogP contribution in [0.3, 0.4) is 0 Å². The number of hydrogen-bond donors (Lipinski definition) is 1. The predicted molar refractivity (Wildman–Crippen MR) is 73.2 cm³/mol. The van der Waals surface area contributed by atoms with Gasteiger partial charge in [-0.3, -0.25) is 0 Å². The fourth-order valence-corrected chi connectivity index (χ4v) is 1.89. The van der Waals surface area contributed by atoms with Crippen LogP contribution in [-0.4, -0.2) is 16.1 Å². The van der Waals surface area contributed by atoms with Crippen LogP contribution in [0.25, 0.3) is 0 Å². The first kappa shape index (κ1) is 12.6. The summed E-state index contributed by atoms with van der Waals surface area (Å²) in [6.07, 6.45) is 5.81. The van der Waals surface area contributed by atoms with Crippen molar-refractivity contribution in [2.45, 2.75) is 20.0 Å². The van der Waals surface area contributed by atoms with Gasteiger partial charge in [0.05, 0.1) is 6.54 Å². The molecule has 0 fully saturated rings. The van der Waals surface area contributed by atoms with Gasteiger partial charge in [0.25, 0.3) is 0 Å². The van der Waals surface area contributed by atoms with Gasteiger partial charge in [0.15, 0.2) is 5.82 Å². The topological polar surface area (TPSA) is 34.4 Å². The smallest absolute Gasteiger partial charge is 0.164 e. The van der Waals surface area contributed by atoms with E-state index >= 15 is 0 Å². The number of imidazole rings is 1. The zero-order chi connectivity index (χ0) is 12.8. The first-order valence-corrected chi connectivity index (χ1v) is 6.27. The van der Waals surface area contributed by atoms with E-state index in [0.29, 0.717) is 0 Å². The molecule has 3 heteroatoms. The predicted octanol–water partition coefficient (Wildman–Crippen LogP) is 1.49. The highest BCUT2D eigenvalue weighted by molar-refractivity contribution is 5.21. The number of hydrogen-bond acceptors (Lipinski definition) is 1. The zero-order valence-electron chi connectivity index (χ0n) is 10.8. The van der Waals surface area contributed by atoms with Gasteiger partial charge in [0.2, 0.25) is 0 Å². The van der Waals surface area contributed by atoms with Gasteiger partial charge in [-0.25, -0.2) is 4.98 Å². The summed E-state index contributed by atoms with van der Waals surface area (Å²) >= 11 is 0. The quantitative estimate of drug-likeness (QED) is 0.604. The molecule has 0 aliphatic carbocycles. The van der Waals surface area contributed by atoms with E-state index in [2.05, 4.69) is 52.6 Å². The van der Waals surface area contributed by atoms with Crippen LogP contribution in [0.5, 0.6) is 0 Å². The SMILES string of the molecule is C=CC[NH2+]Cc1nccn1Cc1ccc(C)cc1. The molecule has 1 heterocycles. The Hall–Kier alpha value is -1.87. The Balaban J connectivity index is 2.02. The molecule has 0 atom stereocenters. The van der Waals surface area contributed by atoms with Crippen molar-refractivity contribution >= 4 is 0 Å². The van der Waals surface area contributed by atoms with Crippen LogP contribution < -0.4 is 5.32 Å². The molecule has 94 valence electrons. The number of aryl methyl sites for hydroxylation is 1. The van der Waals surface area contributed by atoms with Crippen molar-refractivity contribution in [1.29, 1.82) is 0 Å². The van der Waals surface area contributed by atoms with Crippen molar-refractivity contribution in [2.75, 3.05) is 6.54 Å². The largest absolute Gasteiger partial charge is 0.337 e. The van der Waals surface area contributed by atoms with Gasteiger partial charge < -0.3 is 9.88 Å². The molecule has 0 spiro atoms. The van der Waals surface area contributed by atoms with E-state index in [1.807, 2.05) is 18.5 Å². The Bertz CT molecular complexity index is 497. The molecule has 1 aromatic heterocycles. The van der Waals surface area contributed by atoms with Gasteiger partial charge in [-0.15, -0.1) is 0 Å². The molecule has 0 unspecified atom stereocenters. The van der Waals surface area contributed by atoms with Crippen LogP contribution >= 0.6 is 0 Å². The van der Waals surface area contributed by atoms with Crippen LogP contribution in [0.2, 0.25) is 0 Å². The summed E-state index contributed by atoms with van der Waals surface area (Å²) in [4.78, 5) is 4.40. The van der Waals surface area contributed by atoms with Gasteiger partial charge in [-0.05, 0) is 18.6 Å². The third kappa shape index (κ3) is 3.31. The molecule has 0 aliphatic heterocycles. The number of rotatable bonds is 6. The molecule has 0 saturated carbocycles. The van der Waals surface area contributed by atoms with Crippen molar-refractivity contribution in [3.63, 3.8) is 0 Å². The summed E-state index contributed by atoms with van der Waals surface area (Å²) in [5.41, 5.74) is 2.60. The van der Waals surface area contributed by atoms with Crippen LogP contribution in [0, 0.1) is 6.92 Å². The van der Waals surface area contributed by atoms with Crippen LogP contribution in [0.1, 0.15) is 17.0 Å². The number of nitrogens with zero attached hydrogens (tertiary/aromatic N) is 2. The fourth-order valence-electron chi connectivity index (χ4n) is 1.89. The van der Waals surface area contributed by atoms with Gasteiger partial charge >= 0.3 is 0 Å². The Morgan fingerprint density at radius 1 is 1.33 bits per heavy atom. The molecule has 0 saturated heterocycles. The van der Waals surface area contributed by atoms with Gasteiger partial charge in [-0.2, -0.15) is 0 Å². The van der Waals surface area contributed by atoms with Gasteiger partial charge in [0.1, 0.15) is 6.54 Å². The summed E-state index contributed by atoms with van der Waals surface area (Å²) in [5, 5.41) is 2.20. The summed E-state index contributed by atoms with van der Waals surface area (Å²) in [6.45, 7) is 8.54. The van der Waals surface area contributed by atoms with Gasteiger partial charge in [-0.1, -0.05) is 36.4 Å². The molecular weight excluding hydrogens is 222 g/mol. The third-order valence-electron chi connectivity index (χ3n) is 2.94. The second kappa shape index (κ2) is 6.17. The van der Waals surface area contributed by atoms with Crippen LogP contribution in [0.15, 0.2) is 49.3 Å². The lowest BCUT2D eigenvalue weighted by Gasteiger charge is -2.07. The molecular formula is C15H20N3+. The lowest BCUT2D eigenvalue weighted by atomic mass is 10.1. The van der Waals surface area contributed by atoms with E-state index in [9.17, 15) is 0 Å². The summed E-state index contributed by atoms with van der Waals surface area (Å²) in [7, 11) is 0. The lowest BCUT2D eigenvalue weighted by Crippen LogP contribution is -2.82. The van der Waals surface area contributed by atoms with E-state index < -0.39 is 0 Å². The van der Waals surface area contributed by atoms with Crippen molar-refractivity contribution in [2.24, 2.45) is 0 Å². The third-order valence-corrected chi connectivity index (χ3v) is 2.94. The van der Waals surface area contributed by atoms with Crippen molar-refractivity contribution in [1.82, 2.24) is 9.55 Å². The maximum atomic E-state index is 4.40. The molecule has 0 radical (unpaired) electrons. The monoisotopic (exact) mass is 242 g/mol. The Labute approximate surface area is 108 Å². The number of aromatic nitrogens is 2. The van der Waals surface area contributed by atoms with E-state index in [0.717, 1.165) is 25.5 Å². The first-order valence-electron chi connectivity index (χ1n) is 6.27. The highest BCUT2D eigenvalue weighted by Gasteiger charge is 2.04. The molecule has 0 bridgehead atoms. The minimum absolute atomic E-state index is 0.886. The Kier molecular flexibility index (Phi) is 4.31. The number of quaternary nitrogens is 1. The van der Waals surface area contributed by atoms with Crippen LogP contribution in [-0.2, 0) is 13.1 Å². The lowest BCUT2D eigenvalue weighted by molar-refractivity contribution is -0.663. The maximum absolute atomic E-state index is 4.40. The Morgan fingerprint density at radius 3 is 2.83 bits per heavy atom. The highest BCUT2D eigenvalue weighted by Crippen LogP contribution is 2.07. The standard InChI is InChI=1S/C15H19N3/c1-3-8-16-11-15-17-9-10-18(15)12-14-6-4-13(2)5-7-14/h3-7,9-10,16H,1,8,11-12H2,2H3/p+1. The normalized spacial score (nSPS) is 10.5. The summed E-state index contributed by atoms with van der Waals surface area (Å²) < 4.78 is 2.20. The maximum Gasteiger partial charge on any atom is 0.164 e. The zero-order valence-corrected chi connectivity index (χ0v) is 10.8. The minimum atomic E-state index is 0.886. The molecule has 0 aliphatic rings. The summed E-state index contributed by atoms with van der Waals surface area (Å²) in [5.74, 6) is 1.11. The minimum Gasteiger partial charge on any atom is -0.337 e. The molecule has 2 N–H and O–H groups in total. The average Bonchev–Trinajstić information content (AvgIpc) is 2.80. The second-order valence-corrected chi connectivity index (χ2v) is 4.47. The average molecular weight is 242 g/mol. The van der Waals surface area contributed by atoms with Crippen LogP contribution in [0.4, 0.5) is 0 Å². The molecule has 2 rings (SSSR count). The first-order chi connectivity index (χ1) is 8.79. The fraction of sp³-hybridized carbons (Fsp3) is 0.267. The van der Waals surface area contributed by atoms with Gasteiger partial charge in [0, 0.05) is 18.9 Å². The molecule has 3 nitrogen and oxygen atoms in total. The number of nitrogens with two attached hydrogens (primary N) is 1.